The minimum atomic E-state index is -0.824. The Kier molecular flexibility index (Phi) is 4.85. The van der Waals surface area contributed by atoms with E-state index in [0.717, 1.165) is 36.2 Å². The van der Waals surface area contributed by atoms with E-state index in [1.54, 1.807) is 6.07 Å². The molecule has 0 amide bonds. The van der Waals surface area contributed by atoms with Gasteiger partial charge in [0.05, 0.1) is 11.5 Å². The lowest BCUT2D eigenvalue weighted by atomic mass is 9.48. The van der Waals surface area contributed by atoms with E-state index in [1.165, 1.54) is 18.4 Å². The highest BCUT2D eigenvalue weighted by atomic mass is 16.6. The Bertz CT molecular complexity index is 1250. The normalized spacial score (nSPS) is 32.1. The van der Waals surface area contributed by atoms with Crippen molar-refractivity contribution in [3.63, 3.8) is 0 Å². The van der Waals surface area contributed by atoms with Gasteiger partial charge in [0.25, 0.3) is 0 Å². The lowest BCUT2D eigenvalue weighted by Crippen LogP contribution is -2.77. The molecule has 2 heterocycles. The molecule has 2 aromatic carbocycles. The molecule has 2 bridgehead atoms. The summed E-state index contributed by atoms with van der Waals surface area (Å²) in [4.78, 5) is 29.4. The summed E-state index contributed by atoms with van der Waals surface area (Å²) >= 11 is 0. The van der Waals surface area contributed by atoms with Gasteiger partial charge in [0.1, 0.15) is 5.60 Å². The lowest BCUT2D eigenvalue weighted by molar-refractivity contribution is -0.216. The van der Waals surface area contributed by atoms with Gasteiger partial charge in [0.15, 0.2) is 23.4 Å². The second kappa shape index (κ2) is 7.82. The number of aromatic hydroxyl groups is 1. The van der Waals surface area contributed by atoms with E-state index < -0.39 is 17.1 Å². The predicted octanol–water partition coefficient (Wildman–Crippen LogP) is 4.02. The number of hydrogen-bond donors (Lipinski definition) is 1. The molecule has 1 N–H and O–H groups in total. The molecular weight excluding hydrogens is 454 g/mol. The van der Waals surface area contributed by atoms with Gasteiger partial charge in [-0.2, -0.15) is 0 Å². The average Bonchev–Trinajstić information content (AvgIpc) is 3.61. The first-order valence-electron chi connectivity index (χ1n) is 13.5. The summed E-state index contributed by atoms with van der Waals surface area (Å²) in [5, 5.41) is 10.7. The Labute approximate surface area is 211 Å². The van der Waals surface area contributed by atoms with E-state index in [1.807, 2.05) is 6.07 Å². The highest BCUT2D eigenvalue weighted by Gasteiger charge is 2.75. The van der Waals surface area contributed by atoms with Gasteiger partial charge < -0.3 is 14.6 Å². The summed E-state index contributed by atoms with van der Waals surface area (Å²) in [5.41, 5.74) is 2.81. The van der Waals surface area contributed by atoms with Crippen LogP contribution < -0.4 is 4.74 Å². The number of phenols is 1. The number of ether oxygens (including phenoxy) is 2. The number of benzene rings is 2. The number of nitrogens with zero attached hydrogens (tertiary/aromatic N) is 1. The first-order valence-corrected chi connectivity index (χ1v) is 13.5. The predicted molar refractivity (Wildman–Crippen MR) is 133 cm³/mol. The quantitative estimate of drug-likeness (QED) is 0.621. The lowest BCUT2D eigenvalue weighted by Gasteiger charge is -2.63. The minimum absolute atomic E-state index is 0.0115. The van der Waals surface area contributed by atoms with Crippen LogP contribution in [-0.4, -0.2) is 52.6 Å². The highest BCUT2D eigenvalue weighted by molar-refractivity contribution is 5.90. The molecule has 4 atom stereocenters. The van der Waals surface area contributed by atoms with Gasteiger partial charge in [-0.1, -0.05) is 35.9 Å². The molecule has 3 fully saturated rings. The van der Waals surface area contributed by atoms with E-state index in [4.69, 9.17) is 9.47 Å². The van der Waals surface area contributed by atoms with E-state index >= 15 is 0 Å². The fraction of sp³-hybridized carbons (Fsp3) is 0.533. The fourth-order valence-electron chi connectivity index (χ4n) is 7.70. The minimum Gasteiger partial charge on any atom is -0.504 e. The molecule has 1 spiro atoms. The van der Waals surface area contributed by atoms with Crippen molar-refractivity contribution in [2.24, 2.45) is 5.92 Å². The van der Waals surface area contributed by atoms with Crippen LogP contribution in [0.1, 0.15) is 60.8 Å². The molecule has 6 nitrogen and oxygen atoms in total. The maximum Gasteiger partial charge on any atom is 0.306 e. The maximum atomic E-state index is 13.5. The van der Waals surface area contributed by atoms with Crippen molar-refractivity contribution >= 4 is 11.8 Å². The van der Waals surface area contributed by atoms with Crippen molar-refractivity contribution in [3.8, 4) is 11.5 Å². The van der Waals surface area contributed by atoms with Crippen LogP contribution >= 0.6 is 0 Å². The Morgan fingerprint density at radius 1 is 1.17 bits per heavy atom. The Morgan fingerprint density at radius 2 is 1.97 bits per heavy atom. The second-order valence-electron chi connectivity index (χ2n) is 11.6. The molecule has 2 aromatic rings. The van der Waals surface area contributed by atoms with E-state index in [2.05, 4.69) is 36.1 Å². The van der Waals surface area contributed by atoms with Crippen molar-refractivity contribution in [2.75, 3.05) is 13.1 Å². The molecule has 0 radical (unpaired) electrons. The Hall–Kier alpha value is -2.86. The smallest absolute Gasteiger partial charge is 0.306 e. The monoisotopic (exact) mass is 487 g/mol. The third-order valence-corrected chi connectivity index (χ3v) is 9.55. The molecule has 6 heteroatoms. The van der Waals surface area contributed by atoms with Crippen LogP contribution in [-0.2, 0) is 32.6 Å². The van der Waals surface area contributed by atoms with Gasteiger partial charge in [-0.05, 0) is 75.1 Å². The summed E-state index contributed by atoms with van der Waals surface area (Å²) in [6.45, 7) is 3.93. The number of piperidine rings is 1. The summed E-state index contributed by atoms with van der Waals surface area (Å²) in [5.74, 6) is 1.06. The van der Waals surface area contributed by atoms with Crippen molar-refractivity contribution in [2.45, 2.75) is 81.5 Å². The van der Waals surface area contributed by atoms with E-state index in [0.29, 0.717) is 43.8 Å². The number of phenolic OH excluding ortho intramolecular Hbond substituents is 1. The van der Waals surface area contributed by atoms with Crippen LogP contribution in [0.25, 0.3) is 0 Å². The highest BCUT2D eigenvalue weighted by Crippen LogP contribution is 2.66. The van der Waals surface area contributed by atoms with Crippen LogP contribution in [0.3, 0.4) is 0 Å². The number of hydrogen-bond acceptors (Lipinski definition) is 6. The standard InChI is InChI=1S/C30H33NO5/c1-18-2-4-19(5-3-18)8-11-25(34)36-30-13-12-23(33)28-29(30)14-15-31(17-20-6-7-20)24(30)16-21-9-10-22(32)27(35-28)26(21)29/h2-5,9-10,20,24,28,32H,6-8,11-17H2,1H3/t24?,28-,29-,30+/m0/s1. The first kappa shape index (κ1) is 22.3. The number of esters is 1. The topological polar surface area (TPSA) is 76.1 Å². The summed E-state index contributed by atoms with van der Waals surface area (Å²) in [7, 11) is 0. The van der Waals surface area contributed by atoms with Crippen molar-refractivity contribution in [1.82, 2.24) is 4.90 Å². The molecule has 7 rings (SSSR count). The molecule has 1 unspecified atom stereocenters. The number of Topliss-reactive ketones (excluding diaryl/α,β-unsaturated/α-hetero) is 1. The van der Waals surface area contributed by atoms with Gasteiger partial charge in [-0.15, -0.1) is 0 Å². The largest absolute Gasteiger partial charge is 0.504 e. The van der Waals surface area contributed by atoms with Gasteiger partial charge >= 0.3 is 5.97 Å². The summed E-state index contributed by atoms with van der Waals surface area (Å²) < 4.78 is 13.0. The van der Waals surface area contributed by atoms with Crippen LogP contribution in [0.5, 0.6) is 11.5 Å². The molecule has 188 valence electrons. The number of likely N-dealkylation sites (tertiary alicyclic amines) is 1. The molecular formula is C30H33NO5. The zero-order chi connectivity index (χ0) is 24.7. The van der Waals surface area contributed by atoms with Crippen LogP contribution in [0.4, 0.5) is 0 Å². The Balaban J connectivity index is 1.29. The summed E-state index contributed by atoms with van der Waals surface area (Å²) in [6, 6.07) is 12.0. The van der Waals surface area contributed by atoms with Crippen LogP contribution in [0.2, 0.25) is 0 Å². The maximum absolute atomic E-state index is 13.5. The third-order valence-electron chi connectivity index (χ3n) is 9.55. The van der Waals surface area contributed by atoms with E-state index in [9.17, 15) is 14.7 Å². The zero-order valence-electron chi connectivity index (χ0n) is 20.8. The molecule has 3 aliphatic carbocycles. The SMILES string of the molecule is Cc1ccc(CCC(=O)O[C@@]23CCC(=O)[C@@H]4Oc5c(O)ccc6c5[C@@]42CCN(CC2CC2)C3C6)cc1. The number of aryl methyl sites for hydroxylation is 2. The number of carbonyl (C=O) groups is 2. The molecule has 0 aromatic heterocycles. The summed E-state index contributed by atoms with van der Waals surface area (Å²) in [6.07, 6.45) is 5.03. The van der Waals surface area contributed by atoms with Crippen molar-refractivity contribution in [3.05, 3.63) is 58.7 Å². The molecule has 2 saturated carbocycles. The van der Waals surface area contributed by atoms with Crippen LogP contribution in [0.15, 0.2) is 36.4 Å². The number of ketones is 1. The number of carbonyl (C=O) groups excluding carboxylic acids is 2. The average molecular weight is 488 g/mol. The zero-order valence-corrected chi connectivity index (χ0v) is 20.8. The van der Waals surface area contributed by atoms with Crippen molar-refractivity contribution in [1.29, 1.82) is 0 Å². The van der Waals surface area contributed by atoms with Gasteiger partial charge in [0.2, 0.25) is 0 Å². The van der Waals surface area contributed by atoms with Gasteiger partial charge in [-0.3, -0.25) is 14.5 Å². The fourth-order valence-corrected chi connectivity index (χ4v) is 7.70. The van der Waals surface area contributed by atoms with Crippen molar-refractivity contribution < 1.29 is 24.2 Å². The third kappa shape index (κ3) is 3.06. The molecule has 2 aliphatic heterocycles. The van der Waals surface area contributed by atoms with E-state index in [-0.39, 0.29) is 23.5 Å². The number of rotatable bonds is 6. The molecule has 1 saturated heterocycles. The van der Waals surface area contributed by atoms with Gasteiger partial charge in [0, 0.05) is 24.9 Å². The second-order valence-corrected chi connectivity index (χ2v) is 11.6. The molecule has 36 heavy (non-hydrogen) atoms. The van der Waals surface area contributed by atoms with Gasteiger partial charge in [-0.25, -0.2) is 0 Å². The Morgan fingerprint density at radius 3 is 2.75 bits per heavy atom. The first-order chi connectivity index (χ1) is 17.4. The van der Waals surface area contributed by atoms with Crippen LogP contribution in [0, 0.1) is 12.8 Å². The molecule has 5 aliphatic rings.